The van der Waals surface area contributed by atoms with E-state index in [9.17, 15) is 9.90 Å². The van der Waals surface area contributed by atoms with E-state index in [2.05, 4.69) is 20.5 Å². The van der Waals surface area contributed by atoms with Gasteiger partial charge in [0.2, 0.25) is 0 Å². The first-order valence-corrected chi connectivity index (χ1v) is 9.57. The molecule has 0 spiro atoms. The van der Waals surface area contributed by atoms with Crippen molar-refractivity contribution >= 4 is 17.3 Å². The number of hydrogen-bond acceptors (Lipinski definition) is 7. The molecule has 0 radical (unpaired) electrons. The number of carbonyl (C=O) groups is 1. The van der Waals surface area contributed by atoms with Crippen molar-refractivity contribution in [2.75, 3.05) is 0 Å². The average molecular weight is 407 g/mol. The van der Waals surface area contributed by atoms with Crippen molar-refractivity contribution < 1.29 is 14.6 Å². The quantitative estimate of drug-likeness (QED) is 0.531. The van der Waals surface area contributed by atoms with Gasteiger partial charge in [-0.15, -0.1) is 16.4 Å². The number of rotatable bonds is 5. The van der Waals surface area contributed by atoms with Gasteiger partial charge >= 0.3 is 5.97 Å². The van der Waals surface area contributed by atoms with Gasteiger partial charge in [0.05, 0.1) is 11.3 Å². The summed E-state index contributed by atoms with van der Waals surface area (Å²) in [6, 6.07) is 13.3. The molecule has 2 aromatic heterocycles. The van der Waals surface area contributed by atoms with Gasteiger partial charge in [-0.2, -0.15) is 0 Å². The number of benzene rings is 2. The summed E-state index contributed by atoms with van der Waals surface area (Å²) in [5, 5.41) is 21.7. The highest BCUT2D eigenvalue weighted by atomic mass is 32.1. The Kier molecular flexibility index (Phi) is 4.81. The van der Waals surface area contributed by atoms with Gasteiger partial charge in [-0.05, 0) is 54.1 Å². The highest BCUT2D eigenvalue weighted by molar-refractivity contribution is 7.17. The molecule has 0 atom stereocenters. The van der Waals surface area contributed by atoms with Crippen molar-refractivity contribution in [1.29, 1.82) is 0 Å². The largest absolute Gasteiger partial charge is 0.477 e. The van der Waals surface area contributed by atoms with E-state index in [1.165, 1.54) is 0 Å². The lowest BCUT2D eigenvalue weighted by atomic mass is 10.1. The number of nitrogens with zero attached hydrogens (tertiary/aromatic N) is 5. The zero-order valence-corrected chi connectivity index (χ0v) is 16.8. The van der Waals surface area contributed by atoms with Crippen molar-refractivity contribution in [2.45, 2.75) is 13.8 Å². The van der Waals surface area contributed by atoms with Crippen LogP contribution < -0.4 is 4.74 Å². The molecular weight excluding hydrogens is 390 g/mol. The third-order valence-electron chi connectivity index (χ3n) is 4.39. The lowest BCUT2D eigenvalue weighted by Crippen LogP contribution is -1.98. The fourth-order valence-corrected chi connectivity index (χ4v) is 3.79. The molecule has 29 heavy (non-hydrogen) atoms. The van der Waals surface area contributed by atoms with E-state index in [-0.39, 0.29) is 4.88 Å². The molecule has 2 aromatic carbocycles. The molecule has 0 aliphatic rings. The molecule has 0 saturated carbocycles. The summed E-state index contributed by atoms with van der Waals surface area (Å²) >= 11 is 1.13. The number of thiazole rings is 1. The van der Waals surface area contributed by atoms with E-state index >= 15 is 0 Å². The smallest absolute Gasteiger partial charge is 0.347 e. The predicted molar refractivity (Wildman–Crippen MR) is 108 cm³/mol. The number of aromatic carboxylic acids is 1. The Hall–Kier alpha value is -3.59. The second-order valence-corrected chi connectivity index (χ2v) is 7.44. The molecular formula is C20H17N5O3S. The van der Waals surface area contributed by atoms with Gasteiger partial charge in [-0.3, -0.25) is 0 Å². The van der Waals surface area contributed by atoms with Gasteiger partial charge < -0.3 is 9.84 Å². The highest BCUT2D eigenvalue weighted by Gasteiger charge is 2.19. The number of aromatic nitrogens is 5. The Balaban J connectivity index is 1.83. The standard InChI is InChI=1S/C20H17N5O3S/c1-11-6-4-5-7-15(11)28-16-9-8-13(10-14(16)18-22-23-24-25(18)3)19-21-12(2)17(29-19)20(26)27/h4-10H,1-3H3,(H,26,27). The van der Waals surface area contributed by atoms with Gasteiger partial charge in [0, 0.05) is 12.6 Å². The molecule has 4 rings (SSSR count). The molecule has 2 heterocycles. The molecule has 146 valence electrons. The molecule has 0 aliphatic carbocycles. The van der Waals surface area contributed by atoms with Crippen LogP contribution in [0.5, 0.6) is 11.5 Å². The second-order valence-electron chi connectivity index (χ2n) is 6.44. The zero-order chi connectivity index (χ0) is 20.5. The molecule has 0 fully saturated rings. The first kappa shape index (κ1) is 18.8. The first-order chi connectivity index (χ1) is 13.9. The minimum atomic E-state index is -0.983. The van der Waals surface area contributed by atoms with E-state index in [4.69, 9.17) is 4.74 Å². The van der Waals surface area contributed by atoms with Crippen LogP contribution in [0.2, 0.25) is 0 Å². The van der Waals surface area contributed by atoms with Crippen LogP contribution in [-0.2, 0) is 7.05 Å². The summed E-state index contributed by atoms with van der Waals surface area (Å²) in [5.74, 6) is 0.869. The average Bonchev–Trinajstić information content (AvgIpc) is 3.29. The fourth-order valence-electron chi connectivity index (χ4n) is 2.89. The Morgan fingerprint density at radius 2 is 1.93 bits per heavy atom. The lowest BCUT2D eigenvalue weighted by molar-refractivity contribution is 0.0701. The normalized spacial score (nSPS) is 10.9. The fraction of sp³-hybridized carbons (Fsp3) is 0.150. The van der Waals surface area contributed by atoms with Crippen molar-refractivity contribution in [3.05, 3.63) is 58.6 Å². The third kappa shape index (κ3) is 3.59. The van der Waals surface area contributed by atoms with Crippen LogP contribution in [0.15, 0.2) is 42.5 Å². The number of carboxylic acids is 1. The number of hydrogen-bond donors (Lipinski definition) is 1. The molecule has 4 aromatic rings. The predicted octanol–water partition coefficient (Wildman–Crippen LogP) is 4.11. The molecule has 8 nitrogen and oxygen atoms in total. The van der Waals surface area contributed by atoms with Gasteiger partial charge in [0.1, 0.15) is 21.4 Å². The van der Waals surface area contributed by atoms with Crippen LogP contribution in [0.25, 0.3) is 22.0 Å². The highest BCUT2D eigenvalue weighted by Crippen LogP contribution is 2.37. The molecule has 0 amide bonds. The Morgan fingerprint density at radius 1 is 1.14 bits per heavy atom. The van der Waals surface area contributed by atoms with Crippen LogP contribution in [0, 0.1) is 13.8 Å². The molecule has 1 N–H and O–H groups in total. The van der Waals surface area contributed by atoms with Crippen LogP contribution in [0.4, 0.5) is 0 Å². The zero-order valence-electron chi connectivity index (χ0n) is 15.9. The van der Waals surface area contributed by atoms with Crippen molar-refractivity contribution in [2.24, 2.45) is 7.05 Å². The summed E-state index contributed by atoms with van der Waals surface area (Å²) in [7, 11) is 1.75. The summed E-state index contributed by atoms with van der Waals surface area (Å²) in [6.07, 6.45) is 0. The number of aryl methyl sites for hydroxylation is 3. The van der Waals surface area contributed by atoms with Crippen LogP contribution in [0.3, 0.4) is 0 Å². The van der Waals surface area contributed by atoms with Crippen LogP contribution in [0.1, 0.15) is 20.9 Å². The maximum absolute atomic E-state index is 11.4. The Labute approximate surface area is 170 Å². The maximum Gasteiger partial charge on any atom is 0.347 e. The van der Waals surface area contributed by atoms with Crippen molar-refractivity contribution in [3.63, 3.8) is 0 Å². The minimum absolute atomic E-state index is 0.224. The van der Waals surface area contributed by atoms with Crippen molar-refractivity contribution in [1.82, 2.24) is 25.2 Å². The van der Waals surface area contributed by atoms with E-state index in [0.29, 0.717) is 27.8 Å². The molecule has 0 unspecified atom stereocenters. The van der Waals surface area contributed by atoms with Crippen molar-refractivity contribution in [3.8, 4) is 33.5 Å². The SMILES string of the molecule is Cc1ccccc1Oc1ccc(-c2nc(C)c(C(=O)O)s2)cc1-c1nnnn1C. The molecule has 0 bridgehead atoms. The van der Waals surface area contributed by atoms with Gasteiger partial charge in [0.25, 0.3) is 0 Å². The number of para-hydroxylation sites is 1. The van der Waals surface area contributed by atoms with Gasteiger partial charge in [0.15, 0.2) is 5.82 Å². The van der Waals surface area contributed by atoms with Crippen LogP contribution in [-0.4, -0.2) is 36.3 Å². The molecule has 0 saturated heterocycles. The Bertz CT molecular complexity index is 1210. The number of ether oxygens (including phenoxy) is 1. The second kappa shape index (κ2) is 7.44. The monoisotopic (exact) mass is 407 g/mol. The molecule has 9 heteroatoms. The van der Waals surface area contributed by atoms with Gasteiger partial charge in [-0.1, -0.05) is 18.2 Å². The minimum Gasteiger partial charge on any atom is -0.477 e. The van der Waals surface area contributed by atoms with Gasteiger partial charge in [-0.25, -0.2) is 14.5 Å². The topological polar surface area (TPSA) is 103 Å². The molecule has 0 aliphatic heterocycles. The summed E-state index contributed by atoms with van der Waals surface area (Å²) in [6.45, 7) is 3.66. The van der Waals surface area contributed by atoms with E-state index in [1.807, 2.05) is 49.4 Å². The summed E-state index contributed by atoms with van der Waals surface area (Å²) in [4.78, 5) is 16.0. The number of tetrazole rings is 1. The van der Waals surface area contributed by atoms with E-state index in [0.717, 1.165) is 28.2 Å². The third-order valence-corrected chi connectivity index (χ3v) is 5.59. The summed E-state index contributed by atoms with van der Waals surface area (Å²) < 4.78 is 7.71. The van der Waals surface area contributed by atoms with Crippen LogP contribution >= 0.6 is 11.3 Å². The Morgan fingerprint density at radius 3 is 2.59 bits per heavy atom. The van der Waals surface area contributed by atoms with E-state index < -0.39 is 5.97 Å². The number of carboxylic acid groups (broad SMARTS) is 1. The van der Waals surface area contributed by atoms with E-state index in [1.54, 1.807) is 18.7 Å². The summed E-state index contributed by atoms with van der Waals surface area (Å²) in [5.41, 5.74) is 2.93. The lowest BCUT2D eigenvalue weighted by Gasteiger charge is -2.13. The first-order valence-electron chi connectivity index (χ1n) is 8.75. The maximum atomic E-state index is 11.4.